The van der Waals surface area contributed by atoms with Crippen LogP contribution in [0.4, 0.5) is 0 Å². The maximum absolute atomic E-state index is 12.2. The summed E-state index contributed by atoms with van der Waals surface area (Å²) in [7, 11) is -0.725. The summed E-state index contributed by atoms with van der Waals surface area (Å²) in [6.07, 6.45) is 1.77. The van der Waals surface area contributed by atoms with Crippen molar-refractivity contribution in [3.8, 4) is 0 Å². The van der Waals surface area contributed by atoms with Crippen molar-refractivity contribution in [2.75, 3.05) is 7.11 Å². The van der Waals surface area contributed by atoms with Crippen LogP contribution in [0.3, 0.4) is 0 Å². The van der Waals surface area contributed by atoms with E-state index in [1.54, 1.807) is 13.0 Å². The summed E-state index contributed by atoms with van der Waals surface area (Å²) in [6, 6.07) is 9.85. The first-order chi connectivity index (χ1) is 14.4. The van der Waals surface area contributed by atoms with Gasteiger partial charge in [-0.05, 0) is 43.6 Å². The molecule has 1 aromatic carbocycles. The van der Waals surface area contributed by atoms with Gasteiger partial charge in [0.05, 0.1) is 26.2 Å². The third-order valence-corrected chi connectivity index (χ3v) is 10.0. The molecule has 0 bridgehead atoms. The highest BCUT2D eigenvalue weighted by molar-refractivity contribution is 6.74. The normalized spacial score (nSPS) is 15.4. The number of rotatable bonds is 11. The van der Waals surface area contributed by atoms with Crippen LogP contribution < -0.4 is 0 Å². The van der Waals surface area contributed by atoms with Gasteiger partial charge in [-0.25, -0.2) is 4.79 Å². The number of esters is 2. The van der Waals surface area contributed by atoms with E-state index in [0.717, 1.165) is 5.56 Å². The van der Waals surface area contributed by atoms with Gasteiger partial charge in [0.2, 0.25) is 0 Å². The molecule has 31 heavy (non-hydrogen) atoms. The maximum Gasteiger partial charge on any atom is 0.330 e. The molecular formula is C24H38O6Si. The van der Waals surface area contributed by atoms with E-state index in [0.29, 0.717) is 6.61 Å². The molecule has 3 atom stereocenters. The zero-order valence-electron chi connectivity index (χ0n) is 20.1. The van der Waals surface area contributed by atoms with Gasteiger partial charge in [0, 0.05) is 6.08 Å². The Bertz CT molecular complexity index is 723. The van der Waals surface area contributed by atoms with Crippen LogP contribution in [-0.2, 0) is 34.8 Å². The highest BCUT2D eigenvalue weighted by Crippen LogP contribution is 2.37. The van der Waals surface area contributed by atoms with Crippen molar-refractivity contribution < 1.29 is 28.2 Å². The molecule has 0 N–H and O–H groups in total. The Labute approximate surface area is 188 Å². The Morgan fingerprint density at radius 1 is 1.10 bits per heavy atom. The van der Waals surface area contributed by atoms with Gasteiger partial charge in [-0.15, -0.1) is 0 Å². The summed E-state index contributed by atoms with van der Waals surface area (Å²) in [5.74, 6) is -0.964. The van der Waals surface area contributed by atoms with Crippen molar-refractivity contribution in [3.63, 3.8) is 0 Å². The minimum absolute atomic E-state index is 0.00883. The molecule has 0 fully saturated rings. The molecule has 0 unspecified atom stereocenters. The van der Waals surface area contributed by atoms with Crippen molar-refractivity contribution in [1.29, 1.82) is 0 Å². The fourth-order valence-corrected chi connectivity index (χ4v) is 4.01. The Kier molecular flexibility index (Phi) is 10.6. The van der Waals surface area contributed by atoms with Gasteiger partial charge in [0.1, 0.15) is 12.2 Å². The first kappa shape index (κ1) is 27.1. The molecule has 0 aliphatic rings. The summed E-state index contributed by atoms with van der Waals surface area (Å²) >= 11 is 0. The van der Waals surface area contributed by atoms with Gasteiger partial charge >= 0.3 is 11.9 Å². The molecule has 0 amide bonds. The molecule has 0 radical (unpaired) electrons. The third kappa shape index (κ3) is 9.80. The Morgan fingerprint density at radius 3 is 2.26 bits per heavy atom. The number of carbonyl (C=O) groups is 2. The molecule has 0 spiro atoms. The Morgan fingerprint density at radius 2 is 1.71 bits per heavy atom. The SMILES string of the molecule is COC(=O)C[C@@H](C)OC(=O)/C=C/[C@@H](OCc1ccccc1)[C@H](C)O[Si](C)(C)C(C)(C)C. The van der Waals surface area contributed by atoms with Crippen molar-refractivity contribution in [2.45, 2.75) is 84.1 Å². The zero-order valence-corrected chi connectivity index (χ0v) is 21.1. The van der Waals surface area contributed by atoms with Crippen LogP contribution in [0, 0.1) is 0 Å². The number of carbonyl (C=O) groups excluding carboxylic acids is 2. The third-order valence-electron chi connectivity index (χ3n) is 5.46. The number of ether oxygens (including phenoxy) is 3. The molecule has 7 heteroatoms. The van der Waals surface area contributed by atoms with Crippen LogP contribution in [-0.4, -0.2) is 45.7 Å². The molecule has 0 aliphatic carbocycles. The number of hydrogen-bond acceptors (Lipinski definition) is 6. The topological polar surface area (TPSA) is 71.1 Å². The second-order valence-electron chi connectivity index (χ2n) is 9.23. The van der Waals surface area contributed by atoms with E-state index in [9.17, 15) is 9.59 Å². The monoisotopic (exact) mass is 450 g/mol. The molecule has 0 saturated carbocycles. The predicted octanol–water partition coefficient (Wildman–Crippen LogP) is 5.03. The standard InChI is InChI=1S/C24H38O6Si/c1-18(16-23(26)27-6)29-22(25)15-14-21(28-17-20-12-10-9-11-13-20)19(2)30-31(7,8)24(3,4)5/h9-15,18-19,21H,16-17H2,1-8H3/b15-14+/t18-,19+,21-/m1/s1. The fourth-order valence-electron chi connectivity index (χ4n) is 2.59. The van der Waals surface area contributed by atoms with Crippen LogP contribution in [0.5, 0.6) is 0 Å². The van der Waals surface area contributed by atoms with Crippen molar-refractivity contribution in [3.05, 3.63) is 48.0 Å². The van der Waals surface area contributed by atoms with Gasteiger partial charge in [0.15, 0.2) is 8.32 Å². The molecule has 0 heterocycles. The summed E-state index contributed by atoms with van der Waals surface area (Å²) < 4.78 is 22.5. The van der Waals surface area contributed by atoms with E-state index in [2.05, 4.69) is 38.6 Å². The Balaban J connectivity index is 2.87. The average molecular weight is 451 g/mol. The largest absolute Gasteiger partial charge is 0.469 e. The minimum atomic E-state index is -2.03. The van der Waals surface area contributed by atoms with Crippen molar-refractivity contribution >= 4 is 20.3 Å². The molecule has 0 aromatic heterocycles. The van der Waals surface area contributed by atoms with Crippen LogP contribution in [0.25, 0.3) is 0 Å². The first-order valence-electron chi connectivity index (χ1n) is 10.6. The molecule has 0 saturated heterocycles. The predicted molar refractivity (Wildman–Crippen MR) is 124 cm³/mol. The lowest BCUT2D eigenvalue weighted by atomic mass is 10.2. The summed E-state index contributed by atoms with van der Waals surface area (Å²) in [6.45, 7) is 14.9. The van der Waals surface area contributed by atoms with Gasteiger partial charge in [-0.2, -0.15) is 0 Å². The Hall–Kier alpha value is -1.96. The maximum atomic E-state index is 12.2. The van der Waals surface area contributed by atoms with Crippen LogP contribution in [0.2, 0.25) is 18.1 Å². The second-order valence-corrected chi connectivity index (χ2v) is 14.0. The van der Waals surface area contributed by atoms with Crippen LogP contribution in [0.15, 0.2) is 42.5 Å². The summed E-state index contributed by atoms with van der Waals surface area (Å²) in [5.41, 5.74) is 1.04. The van der Waals surface area contributed by atoms with E-state index in [-0.39, 0.29) is 17.6 Å². The van der Waals surface area contributed by atoms with E-state index in [1.807, 2.05) is 37.3 Å². The van der Waals surface area contributed by atoms with E-state index >= 15 is 0 Å². The van der Waals surface area contributed by atoms with Crippen molar-refractivity contribution in [2.24, 2.45) is 0 Å². The highest BCUT2D eigenvalue weighted by atomic mass is 28.4. The highest BCUT2D eigenvalue weighted by Gasteiger charge is 2.39. The second kappa shape index (κ2) is 12.2. The van der Waals surface area contributed by atoms with Gasteiger partial charge in [-0.1, -0.05) is 51.1 Å². The van der Waals surface area contributed by atoms with E-state index < -0.39 is 32.5 Å². The van der Waals surface area contributed by atoms with E-state index in [4.69, 9.17) is 13.9 Å². The van der Waals surface area contributed by atoms with Crippen LogP contribution in [0.1, 0.15) is 46.6 Å². The number of methoxy groups -OCH3 is 1. The van der Waals surface area contributed by atoms with Crippen molar-refractivity contribution in [1.82, 2.24) is 0 Å². The molecule has 6 nitrogen and oxygen atoms in total. The molecular weight excluding hydrogens is 412 g/mol. The van der Waals surface area contributed by atoms with Crippen LogP contribution >= 0.6 is 0 Å². The molecule has 1 aromatic rings. The van der Waals surface area contributed by atoms with Gasteiger partial charge in [0.25, 0.3) is 0 Å². The lowest BCUT2D eigenvalue weighted by molar-refractivity contribution is -0.149. The lowest BCUT2D eigenvalue weighted by Crippen LogP contribution is -2.46. The lowest BCUT2D eigenvalue weighted by Gasteiger charge is -2.39. The summed E-state index contributed by atoms with van der Waals surface area (Å²) in [4.78, 5) is 23.5. The average Bonchev–Trinajstić information content (AvgIpc) is 2.67. The fraction of sp³-hybridized carbons (Fsp3) is 0.583. The number of benzene rings is 1. The molecule has 174 valence electrons. The smallest absolute Gasteiger partial charge is 0.330 e. The quantitative estimate of drug-likeness (QED) is 0.267. The minimum Gasteiger partial charge on any atom is -0.469 e. The number of hydrogen-bond donors (Lipinski definition) is 0. The van der Waals surface area contributed by atoms with Gasteiger partial charge in [-0.3, -0.25) is 4.79 Å². The molecule has 0 aliphatic heterocycles. The van der Waals surface area contributed by atoms with E-state index in [1.165, 1.54) is 13.2 Å². The first-order valence-corrected chi connectivity index (χ1v) is 13.6. The van der Waals surface area contributed by atoms with Gasteiger partial charge < -0.3 is 18.6 Å². The zero-order chi connectivity index (χ0) is 23.7. The summed E-state index contributed by atoms with van der Waals surface area (Å²) in [5, 5.41) is 0.0528. The molecule has 1 rings (SSSR count).